The van der Waals surface area contributed by atoms with Crippen molar-refractivity contribution in [3.63, 3.8) is 0 Å². The monoisotopic (exact) mass is 532 g/mol. The van der Waals surface area contributed by atoms with Crippen molar-refractivity contribution in [2.24, 2.45) is 0 Å². The number of hydrogen-bond acceptors (Lipinski definition) is 2. The van der Waals surface area contributed by atoms with E-state index in [0.29, 0.717) is 12.1 Å². The largest absolute Gasteiger partial charge is 0.460 e. The average Bonchev–Trinajstić information content (AvgIpc) is 2.63. The van der Waals surface area contributed by atoms with Crippen LogP contribution in [0.15, 0.2) is 24.3 Å². The van der Waals surface area contributed by atoms with Crippen LogP contribution in [0.1, 0.15) is 24.5 Å². The van der Waals surface area contributed by atoms with Gasteiger partial charge in [-0.15, -0.1) is 0 Å². The minimum absolute atomic E-state index is 0.0733. The molecule has 0 bridgehead atoms. The molecule has 0 aromatic heterocycles. The van der Waals surface area contributed by atoms with E-state index in [1.54, 1.807) is 0 Å². The van der Waals surface area contributed by atoms with Gasteiger partial charge < -0.3 is 0 Å². The minimum atomic E-state index is -7.99. The van der Waals surface area contributed by atoms with E-state index >= 15 is 0 Å². The van der Waals surface area contributed by atoms with Crippen LogP contribution in [-0.2, 0) is 22.5 Å². The SMILES string of the molecule is CCC(Cc1ccc(C(F)(F)C(F)(F)C(F)(F)C(F)(F)C(F)(F)C(F)(F)F)cc1)S(=O)(=O)O. The van der Waals surface area contributed by atoms with Crippen LogP contribution in [0.25, 0.3) is 0 Å². The fraction of sp³-hybridized carbons (Fsp3) is 0.625. The Kier molecular flexibility index (Phi) is 7.50. The van der Waals surface area contributed by atoms with Crippen LogP contribution in [0.5, 0.6) is 0 Å². The van der Waals surface area contributed by atoms with Gasteiger partial charge in [0, 0.05) is 5.56 Å². The van der Waals surface area contributed by atoms with Gasteiger partial charge in [0.15, 0.2) is 0 Å². The Labute approximate surface area is 177 Å². The maximum absolute atomic E-state index is 14.1. The van der Waals surface area contributed by atoms with Gasteiger partial charge >= 0.3 is 35.8 Å². The van der Waals surface area contributed by atoms with Crippen LogP contribution >= 0.6 is 0 Å². The van der Waals surface area contributed by atoms with Crippen molar-refractivity contribution in [2.75, 3.05) is 0 Å². The van der Waals surface area contributed by atoms with Crippen LogP contribution in [0, 0.1) is 0 Å². The highest BCUT2D eigenvalue weighted by molar-refractivity contribution is 7.86. The third-order valence-electron chi connectivity index (χ3n) is 4.59. The summed E-state index contributed by atoms with van der Waals surface area (Å²) in [5, 5.41) is -1.50. The van der Waals surface area contributed by atoms with Gasteiger partial charge in [-0.05, 0) is 18.4 Å². The standard InChI is InChI=1S/C16H13F13O3S/c1-2-10(33(30,31)32)7-8-3-5-9(6-4-8)11(17,18)12(19,20)13(21,22)14(23,24)15(25,26)16(27,28)29/h3-6,10H,2,7H2,1H3,(H,30,31,32). The molecule has 1 atom stereocenters. The second-order valence-corrected chi connectivity index (χ2v) is 8.51. The van der Waals surface area contributed by atoms with Gasteiger partial charge in [0.1, 0.15) is 0 Å². The van der Waals surface area contributed by atoms with Gasteiger partial charge in [0.2, 0.25) is 0 Å². The summed E-state index contributed by atoms with van der Waals surface area (Å²) < 4.78 is 202. The average molecular weight is 532 g/mol. The molecule has 192 valence electrons. The van der Waals surface area contributed by atoms with E-state index in [9.17, 15) is 65.5 Å². The Morgan fingerprint density at radius 1 is 0.727 bits per heavy atom. The first-order chi connectivity index (χ1) is 14.4. The number of benzene rings is 1. The third-order valence-corrected chi connectivity index (χ3v) is 5.93. The van der Waals surface area contributed by atoms with Crippen molar-refractivity contribution >= 4 is 10.1 Å². The Hall–Kier alpha value is -1.78. The van der Waals surface area contributed by atoms with E-state index in [2.05, 4.69) is 0 Å². The first-order valence-electron chi connectivity index (χ1n) is 8.41. The molecule has 17 heteroatoms. The predicted molar refractivity (Wildman–Crippen MR) is 85.5 cm³/mol. The highest BCUT2D eigenvalue weighted by Gasteiger charge is 2.90. The zero-order valence-corrected chi connectivity index (χ0v) is 16.7. The lowest BCUT2D eigenvalue weighted by atomic mass is 9.90. The van der Waals surface area contributed by atoms with Crippen molar-refractivity contribution in [3.8, 4) is 0 Å². The van der Waals surface area contributed by atoms with E-state index in [0.717, 1.165) is 0 Å². The fourth-order valence-electron chi connectivity index (χ4n) is 2.52. The van der Waals surface area contributed by atoms with Crippen molar-refractivity contribution in [1.29, 1.82) is 0 Å². The van der Waals surface area contributed by atoms with Crippen molar-refractivity contribution in [1.82, 2.24) is 0 Å². The van der Waals surface area contributed by atoms with E-state index in [4.69, 9.17) is 4.55 Å². The van der Waals surface area contributed by atoms with Gasteiger partial charge in [0.25, 0.3) is 10.1 Å². The molecular weight excluding hydrogens is 519 g/mol. The van der Waals surface area contributed by atoms with E-state index in [1.165, 1.54) is 6.92 Å². The molecule has 0 fully saturated rings. The zero-order chi connectivity index (χ0) is 26.5. The molecule has 1 aromatic carbocycles. The van der Waals surface area contributed by atoms with Crippen molar-refractivity contribution in [3.05, 3.63) is 35.4 Å². The molecule has 0 radical (unpaired) electrons. The predicted octanol–water partition coefficient (Wildman–Crippen LogP) is 6.09. The van der Waals surface area contributed by atoms with Crippen LogP contribution in [-0.4, -0.2) is 48.1 Å². The second kappa shape index (κ2) is 8.46. The van der Waals surface area contributed by atoms with Gasteiger partial charge in [-0.1, -0.05) is 31.2 Å². The highest BCUT2D eigenvalue weighted by Crippen LogP contribution is 2.62. The lowest BCUT2D eigenvalue weighted by molar-refractivity contribution is -0.441. The minimum Gasteiger partial charge on any atom is -0.285 e. The zero-order valence-electron chi connectivity index (χ0n) is 15.9. The molecular formula is C16H13F13O3S. The molecule has 1 N–H and O–H groups in total. The van der Waals surface area contributed by atoms with Crippen molar-refractivity contribution < 1.29 is 70.0 Å². The molecule has 0 aliphatic carbocycles. The number of halogens is 13. The summed E-state index contributed by atoms with van der Waals surface area (Å²) >= 11 is 0. The topological polar surface area (TPSA) is 54.4 Å². The maximum atomic E-state index is 14.1. The fourth-order valence-corrected chi connectivity index (χ4v) is 3.35. The lowest BCUT2D eigenvalue weighted by Gasteiger charge is -2.39. The van der Waals surface area contributed by atoms with Crippen LogP contribution in [0.3, 0.4) is 0 Å². The summed E-state index contributed by atoms with van der Waals surface area (Å²) in [7, 11) is -4.65. The molecule has 0 spiro atoms. The van der Waals surface area contributed by atoms with Gasteiger partial charge in [-0.25, -0.2) is 0 Å². The molecule has 3 nitrogen and oxygen atoms in total. The molecule has 1 rings (SSSR count). The number of alkyl halides is 13. The lowest BCUT2D eigenvalue weighted by Crippen LogP contribution is -2.69. The molecule has 0 heterocycles. The highest BCUT2D eigenvalue weighted by atomic mass is 32.2. The summed E-state index contributed by atoms with van der Waals surface area (Å²) in [6, 6.07) is 0.758. The quantitative estimate of drug-likeness (QED) is 0.310. The number of hydrogen-bond donors (Lipinski definition) is 1. The first kappa shape index (κ1) is 29.3. The summed E-state index contributed by atoms with van der Waals surface area (Å²) in [4.78, 5) is 0. The Morgan fingerprint density at radius 3 is 1.45 bits per heavy atom. The smallest absolute Gasteiger partial charge is 0.285 e. The first-order valence-corrected chi connectivity index (χ1v) is 9.91. The summed E-state index contributed by atoms with van der Waals surface area (Å²) in [5.74, 6) is -37.6. The summed E-state index contributed by atoms with van der Waals surface area (Å²) in [6.45, 7) is 1.28. The van der Waals surface area contributed by atoms with Crippen LogP contribution in [0.4, 0.5) is 57.1 Å². The molecule has 0 aliphatic rings. The molecule has 1 unspecified atom stereocenters. The molecule has 0 aliphatic heterocycles. The van der Waals surface area contributed by atoms with E-state index < -0.39 is 63.1 Å². The Bertz CT molecular complexity index is 937. The van der Waals surface area contributed by atoms with E-state index in [1.807, 2.05) is 0 Å². The van der Waals surface area contributed by atoms with E-state index in [-0.39, 0.29) is 24.1 Å². The maximum Gasteiger partial charge on any atom is 0.460 e. The van der Waals surface area contributed by atoms with Crippen LogP contribution < -0.4 is 0 Å². The molecule has 0 saturated carbocycles. The molecule has 33 heavy (non-hydrogen) atoms. The third kappa shape index (κ3) is 4.74. The van der Waals surface area contributed by atoms with Crippen molar-refractivity contribution in [2.45, 2.75) is 60.8 Å². The summed E-state index contributed by atoms with van der Waals surface area (Å²) in [6.07, 6.45) is -8.30. The molecule has 1 aromatic rings. The van der Waals surface area contributed by atoms with Crippen LogP contribution in [0.2, 0.25) is 0 Å². The summed E-state index contributed by atoms with van der Waals surface area (Å²) in [5.41, 5.74) is -2.43. The Morgan fingerprint density at radius 2 is 1.12 bits per heavy atom. The Balaban J connectivity index is 3.43. The molecule has 0 saturated heterocycles. The normalized spacial score (nSPS) is 16.1. The number of rotatable bonds is 9. The van der Waals surface area contributed by atoms with Gasteiger partial charge in [-0.2, -0.15) is 65.5 Å². The second-order valence-electron chi connectivity index (χ2n) is 6.82. The molecule has 0 amide bonds. The van der Waals surface area contributed by atoms with Gasteiger partial charge in [0.05, 0.1) is 5.25 Å². The van der Waals surface area contributed by atoms with Gasteiger partial charge in [-0.3, -0.25) is 4.55 Å².